The highest BCUT2D eigenvalue weighted by Gasteiger charge is 2.19. The van der Waals surface area contributed by atoms with Gasteiger partial charge in [-0.3, -0.25) is 0 Å². The van der Waals surface area contributed by atoms with E-state index < -0.39 is 0 Å². The highest BCUT2D eigenvalue weighted by Crippen LogP contribution is 2.43. The lowest BCUT2D eigenvalue weighted by molar-refractivity contribution is 1.08. The van der Waals surface area contributed by atoms with E-state index in [1.54, 1.807) is 0 Å². The Hall–Kier alpha value is -7.23. The normalized spacial score (nSPS) is 11.7. The van der Waals surface area contributed by atoms with Gasteiger partial charge in [0.2, 0.25) is 0 Å². The summed E-state index contributed by atoms with van der Waals surface area (Å²) >= 11 is 0. The summed E-state index contributed by atoms with van der Waals surface area (Å²) in [5, 5.41) is 14.7. The van der Waals surface area contributed by atoms with Gasteiger partial charge in [-0.05, 0) is 87.9 Å². The third-order valence-corrected chi connectivity index (χ3v) is 10.9. The van der Waals surface area contributed by atoms with Crippen molar-refractivity contribution in [2.45, 2.75) is 0 Å². The van der Waals surface area contributed by atoms with Crippen LogP contribution in [0.5, 0.6) is 0 Å². The van der Waals surface area contributed by atoms with E-state index in [1.807, 2.05) is 18.2 Å². The van der Waals surface area contributed by atoms with Gasteiger partial charge < -0.3 is 0 Å². The summed E-state index contributed by atoms with van der Waals surface area (Å²) in [5.41, 5.74) is 5.23. The quantitative estimate of drug-likeness (QED) is 0.173. The van der Waals surface area contributed by atoms with Crippen molar-refractivity contribution in [2.24, 2.45) is 0 Å². The molecular formula is C51H31N3. The van der Waals surface area contributed by atoms with Gasteiger partial charge in [-0.15, -0.1) is 0 Å². The van der Waals surface area contributed by atoms with E-state index >= 15 is 0 Å². The first-order chi connectivity index (χ1) is 26.8. The molecule has 10 aromatic carbocycles. The maximum atomic E-state index is 5.27. The Bertz CT molecular complexity index is 3260. The van der Waals surface area contributed by atoms with Gasteiger partial charge in [0, 0.05) is 16.7 Å². The number of fused-ring (bicyclic) bond motifs is 11. The molecule has 1 heterocycles. The van der Waals surface area contributed by atoms with Gasteiger partial charge in [0.15, 0.2) is 17.5 Å². The molecule has 0 fully saturated rings. The minimum atomic E-state index is 0.640. The summed E-state index contributed by atoms with van der Waals surface area (Å²) in [6.45, 7) is 0. The molecule has 0 radical (unpaired) electrons. The molecule has 0 spiro atoms. The van der Waals surface area contributed by atoms with Gasteiger partial charge in [0.1, 0.15) is 0 Å². The third-order valence-electron chi connectivity index (χ3n) is 10.9. The average molecular weight is 686 g/mol. The zero-order valence-electron chi connectivity index (χ0n) is 29.2. The fraction of sp³-hybridized carbons (Fsp3) is 0. The molecule has 0 N–H and O–H groups in total. The molecule has 0 amide bonds. The third kappa shape index (κ3) is 4.79. The van der Waals surface area contributed by atoms with E-state index in [9.17, 15) is 0 Å². The molecule has 0 bridgehead atoms. The van der Waals surface area contributed by atoms with Gasteiger partial charge in [-0.1, -0.05) is 176 Å². The fourth-order valence-electron chi connectivity index (χ4n) is 8.39. The van der Waals surface area contributed by atoms with Crippen LogP contribution in [0.25, 0.3) is 110 Å². The zero-order valence-corrected chi connectivity index (χ0v) is 29.2. The molecule has 0 aliphatic carbocycles. The monoisotopic (exact) mass is 685 g/mol. The van der Waals surface area contributed by atoms with Crippen LogP contribution in [0.1, 0.15) is 0 Å². The maximum absolute atomic E-state index is 5.27. The minimum Gasteiger partial charge on any atom is -0.208 e. The molecule has 54 heavy (non-hydrogen) atoms. The van der Waals surface area contributed by atoms with Crippen LogP contribution in [0.3, 0.4) is 0 Å². The Balaban J connectivity index is 1.14. The molecule has 11 aromatic rings. The Morgan fingerprint density at radius 1 is 0.241 bits per heavy atom. The number of aromatic nitrogens is 3. The summed E-state index contributed by atoms with van der Waals surface area (Å²) in [6, 6.07) is 66.9. The molecular weight excluding hydrogens is 655 g/mol. The number of benzene rings is 10. The smallest absolute Gasteiger partial charge is 0.164 e. The summed E-state index contributed by atoms with van der Waals surface area (Å²) in [7, 11) is 0. The lowest BCUT2D eigenvalue weighted by Gasteiger charge is -2.16. The Morgan fingerprint density at radius 3 is 1.30 bits per heavy atom. The molecule has 250 valence electrons. The molecule has 0 aliphatic heterocycles. The van der Waals surface area contributed by atoms with Gasteiger partial charge in [-0.2, -0.15) is 0 Å². The second-order valence-electron chi connectivity index (χ2n) is 13.9. The van der Waals surface area contributed by atoms with Gasteiger partial charge >= 0.3 is 0 Å². The Labute approximate surface area is 311 Å². The van der Waals surface area contributed by atoms with Crippen LogP contribution in [-0.4, -0.2) is 15.0 Å². The standard InChI is InChI=1S/C51H31N3/c1-2-14-33(15-3-1)49-52-50(34-28-26-32(27-29-34)45-30-35-16-4-5-17-36(35)37-18-6-8-21-40(37)45)54-51(53-49)47-31-46-41-22-9-7-19-38(41)39-20-10-12-24-43(39)48(46)44-25-13-11-23-42(44)47/h1-31H. The van der Waals surface area contributed by atoms with Crippen LogP contribution in [0.4, 0.5) is 0 Å². The second kappa shape index (κ2) is 12.2. The fourth-order valence-corrected chi connectivity index (χ4v) is 8.39. The first kappa shape index (κ1) is 30.4. The summed E-state index contributed by atoms with van der Waals surface area (Å²) in [5.74, 6) is 1.94. The number of hydrogen-bond acceptors (Lipinski definition) is 3. The van der Waals surface area contributed by atoms with Crippen LogP contribution in [0, 0.1) is 0 Å². The van der Waals surface area contributed by atoms with Crippen LogP contribution < -0.4 is 0 Å². The van der Waals surface area contributed by atoms with Crippen LogP contribution in [0.2, 0.25) is 0 Å². The van der Waals surface area contributed by atoms with Crippen molar-refractivity contribution in [3.8, 4) is 45.3 Å². The van der Waals surface area contributed by atoms with Crippen LogP contribution >= 0.6 is 0 Å². The molecule has 0 atom stereocenters. The molecule has 11 rings (SSSR count). The Morgan fingerprint density at radius 2 is 0.648 bits per heavy atom. The molecule has 0 saturated carbocycles. The molecule has 3 heteroatoms. The van der Waals surface area contributed by atoms with E-state index in [4.69, 9.17) is 15.0 Å². The van der Waals surface area contributed by atoms with Crippen molar-refractivity contribution >= 4 is 64.6 Å². The van der Waals surface area contributed by atoms with Crippen molar-refractivity contribution in [1.29, 1.82) is 0 Å². The summed E-state index contributed by atoms with van der Waals surface area (Å²) < 4.78 is 0. The topological polar surface area (TPSA) is 38.7 Å². The van der Waals surface area contributed by atoms with Gasteiger partial charge in [0.25, 0.3) is 0 Å². The molecule has 0 unspecified atom stereocenters. The summed E-state index contributed by atoms with van der Waals surface area (Å²) in [4.78, 5) is 15.6. The average Bonchev–Trinajstić information content (AvgIpc) is 3.26. The number of rotatable bonds is 4. The van der Waals surface area contributed by atoms with E-state index in [-0.39, 0.29) is 0 Å². The van der Waals surface area contributed by atoms with E-state index in [1.165, 1.54) is 64.8 Å². The summed E-state index contributed by atoms with van der Waals surface area (Å²) in [6.07, 6.45) is 0. The van der Waals surface area contributed by atoms with Crippen molar-refractivity contribution < 1.29 is 0 Å². The van der Waals surface area contributed by atoms with E-state index in [0.29, 0.717) is 17.5 Å². The first-order valence-electron chi connectivity index (χ1n) is 18.4. The SMILES string of the molecule is c1ccc(-c2nc(-c3ccc(-c4cc5ccccc5c5ccccc45)cc3)nc(-c3cc4c5ccccc5c5ccccc5c4c4ccccc34)n2)cc1. The lowest BCUT2D eigenvalue weighted by Crippen LogP contribution is -2.01. The maximum Gasteiger partial charge on any atom is 0.164 e. The van der Waals surface area contributed by atoms with Crippen molar-refractivity contribution in [2.75, 3.05) is 0 Å². The van der Waals surface area contributed by atoms with Crippen molar-refractivity contribution in [1.82, 2.24) is 15.0 Å². The van der Waals surface area contributed by atoms with E-state index in [0.717, 1.165) is 27.6 Å². The minimum absolute atomic E-state index is 0.640. The van der Waals surface area contributed by atoms with Crippen LogP contribution in [-0.2, 0) is 0 Å². The predicted molar refractivity (Wildman–Crippen MR) is 227 cm³/mol. The molecule has 3 nitrogen and oxygen atoms in total. The first-order valence-corrected chi connectivity index (χ1v) is 18.4. The predicted octanol–water partition coefficient (Wildman–Crippen LogP) is 13.5. The Kier molecular flexibility index (Phi) is 6.86. The van der Waals surface area contributed by atoms with E-state index in [2.05, 4.69) is 170 Å². The van der Waals surface area contributed by atoms with Gasteiger partial charge in [0.05, 0.1) is 0 Å². The number of nitrogens with zero attached hydrogens (tertiary/aromatic N) is 3. The van der Waals surface area contributed by atoms with Crippen LogP contribution in [0.15, 0.2) is 188 Å². The zero-order chi connectivity index (χ0) is 35.6. The molecule has 0 aliphatic rings. The lowest BCUT2D eigenvalue weighted by atomic mass is 9.89. The number of hydrogen-bond donors (Lipinski definition) is 0. The second-order valence-corrected chi connectivity index (χ2v) is 13.9. The molecule has 0 saturated heterocycles. The van der Waals surface area contributed by atoms with Gasteiger partial charge in [-0.25, -0.2) is 15.0 Å². The molecule has 1 aromatic heterocycles. The largest absolute Gasteiger partial charge is 0.208 e. The highest BCUT2D eigenvalue weighted by molar-refractivity contribution is 6.32. The van der Waals surface area contributed by atoms with Crippen molar-refractivity contribution in [3.63, 3.8) is 0 Å². The highest BCUT2D eigenvalue weighted by atomic mass is 15.0. The van der Waals surface area contributed by atoms with Crippen molar-refractivity contribution in [3.05, 3.63) is 188 Å².